The van der Waals surface area contributed by atoms with E-state index < -0.39 is 12.2 Å². The first-order valence-corrected chi connectivity index (χ1v) is 13.2. The summed E-state index contributed by atoms with van der Waals surface area (Å²) in [6.45, 7) is 4.89. The second-order valence-corrected chi connectivity index (χ2v) is 9.85. The molecule has 1 aromatic heterocycles. The number of aromatic nitrogens is 1. The van der Waals surface area contributed by atoms with Crippen molar-refractivity contribution in [3.8, 4) is 5.75 Å². The molecule has 0 saturated carbocycles. The Balaban J connectivity index is 1.42. The number of phenols is 1. The quantitative estimate of drug-likeness (QED) is 0.404. The molecule has 0 unspecified atom stereocenters. The molecule has 10 heteroatoms. The predicted octanol–water partition coefficient (Wildman–Crippen LogP) is 2.52. The van der Waals surface area contributed by atoms with Crippen LogP contribution in [-0.2, 0) is 29.1 Å². The number of benzene rings is 2. The Labute approximate surface area is 233 Å². The molecular formula is C30H32N6O4. The molecule has 2 atom stereocenters. The fraction of sp³-hybridized carbons (Fsp3) is 0.267. The zero-order valence-corrected chi connectivity index (χ0v) is 22.1. The number of aromatic hydroxyl groups is 1. The minimum atomic E-state index is -0.763. The lowest BCUT2D eigenvalue weighted by Crippen LogP contribution is -2.66. The lowest BCUT2D eigenvalue weighted by molar-refractivity contribution is -0.157. The molecule has 3 aromatic rings. The van der Waals surface area contributed by atoms with Gasteiger partial charge in [0.2, 0.25) is 11.8 Å². The Morgan fingerprint density at radius 3 is 2.45 bits per heavy atom. The molecule has 0 radical (unpaired) electrons. The molecule has 206 valence electrons. The van der Waals surface area contributed by atoms with E-state index in [4.69, 9.17) is 0 Å². The first kappa shape index (κ1) is 26.9. The van der Waals surface area contributed by atoms with E-state index in [1.807, 2.05) is 42.5 Å². The molecule has 2 N–H and O–H groups in total. The fourth-order valence-electron chi connectivity index (χ4n) is 5.25. The topological polar surface area (TPSA) is 109 Å². The third-order valence-electron chi connectivity index (χ3n) is 7.19. The van der Waals surface area contributed by atoms with Gasteiger partial charge >= 0.3 is 6.03 Å². The zero-order chi connectivity index (χ0) is 28.1. The summed E-state index contributed by atoms with van der Waals surface area (Å²) >= 11 is 0. The van der Waals surface area contributed by atoms with Crippen LogP contribution in [0.4, 0.5) is 4.79 Å². The molecule has 2 saturated heterocycles. The highest BCUT2D eigenvalue weighted by Crippen LogP contribution is 2.30. The molecule has 0 bridgehead atoms. The van der Waals surface area contributed by atoms with E-state index in [-0.39, 0.29) is 49.7 Å². The average molecular weight is 541 g/mol. The van der Waals surface area contributed by atoms with Gasteiger partial charge < -0.3 is 20.2 Å². The van der Waals surface area contributed by atoms with Crippen molar-refractivity contribution in [2.45, 2.75) is 31.7 Å². The summed E-state index contributed by atoms with van der Waals surface area (Å²) in [6, 6.07) is 18.8. The zero-order valence-electron chi connectivity index (χ0n) is 22.1. The van der Waals surface area contributed by atoms with Gasteiger partial charge in [-0.1, -0.05) is 48.5 Å². The number of hydrogen-bond acceptors (Lipinski definition) is 6. The first-order chi connectivity index (χ1) is 19.4. The van der Waals surface area contributed by atoms with Crippen LogP contribution >= 0.6 is 0 Å². The van der Waals surface area contributed by atoms with Crippen LogP contribution in [-0.4, -0.2) is 79.6 Å². The molecule has 0 spiro atoms. The summed E-state index contributed by atoms with van der Waals surface area (Å²) in [5.41, 5.74) is 2.68. The van der Waals surface area contributed by atoms with Crippen molar-refractivity contribution in [1.82, 2.24) is 30.1 Å². The van der Waals surface area contributed by atoms with E-state index in [2.05, 4.69) is 16.9 Å². The van der Waals surface area contributed by atoms with Gasteiger partial charge in [0.25, 0.3) is 0 Å². The number of piperazine rings is 1. The van der Waals surface area contributed by atoms with Crippen LogP contribution in [0, 0.1) is 0 Å². The van der Waals surface area contributed by atoms with E-state index in [1.165, 1.54) is 5.01 Å². The monoisotopic (exact) mass is 540 g/mol. The minimum absolute atomic E-state index is 0.0419. The van der Waals surface area contributed by atoms with Gasteiger partial charge in [-0.2, -0.15) is 5.01 Å². The van der Waals surface area contributed by atoms with Crippen LogP contribution in [0.5, 0.6) is 5.75 Å². The number of rotatable bonds is 9. The number of amides is 4. The van der Waals surface area contributed by atoms with E-state index in [1.54, 1.807) is 57.5 Å². The number of fused-ring (bicyclic) bond motifs is 1. The van der Waals surface area contributed by atoms with E-state index in [0.717, 1.165) is 16.7 Å². The van der Waals surface area contributed by atoms with Gasteiger partial charge in [0.1, 0.15) is 18.0 Å². The number of phenolic OH excluding ortho intramolecular Hbond substituents is 1. The van der Waals surface area contributed by atoms with Crippen molar-refractivity contribution in [1.29, 1.82) is 0 Å². The summed E-state index contributed by atoms with van der Waals surface area (Å²) in [7, 11) is 0. The second kappa shape index (κ2) is 12.0. The summed E-state index contributed by atoms with van der Waals surface area (Å²) in [5.74, 6) is -0.267. The lowest BCUT2D eigenvalue weighted by Gasteiger charge is -2.46. The standard InChI is InChI=1S/C30H32N6O4/c1-2-16-34(30(40)32-18-23-6-4-3-5-7-23)35-21-28(38)36-26(17-22-8-10-25(37)11-9-22)29(39)33(20-27(35)36)19-24-12-14-31-15-13-24/h2-15,26-27,37H,1,16-21H2,(H,32,40)/t26-,27+/m0/s1. The molecule has 10 nitrogen and oxygen atoms in total. The summed E-state index contributed by atoms with van der Waals surface area (Å²) in [4.78, 5) is 48.1. The number of pyridine rings is 1. The third kappa shape index (κ3) is 5.81. The van der Waals surface area contributed by atoms with Gasteiger partial charge in [-0.3, -0.25) is 19.6 Å². The highest BCUT2D eigenvalue weighted by molar-refractivity contribution is 5.91. The average Bonchev–Trinajstić information content (AvgIpc) is 3.29. The number of nitrogens with zero attached hydrogens (tertiary/aromatic N) is 5. The predicted molar refractivity (Wildman–Crippen MR) is 148 cm³/mol. The highest BCUT2D eigenvalue weighted by atomic mass is 16.3. The molecule has 0 aliphatic carbocycles. The smallest absolute Gasteiger partial charge is 0.332 e. The normalized spacial score (nSPS) is 18.9. The molecular weight excluding hydrogens is 508 g/mol. The van der Waals surface area contributed by atoms with Gasteiger partial charge in [-0.15, -0.1) is 6.58 Å². The Kier molecular flexibility index (Phi) is 8.07. The molecule has 40 heavy (non-hydrogen) atoms. The third-order valence-corrected chi connectivity index (χ3v) is 7.19. The number of carbonyl (C=O) groups is 3. The second-order valence-electron chi connectivity index (χ2n) is 9.85. The van der Waals surface area contributed by atoms with Crippen LogP contribution in [0.1, 0.15) is 16.7 Å². The maximum Gasteiger partial charge on any atom is 0.332 e. The van der Waals surface area contributed by atoms with Crippen molar-refractivity contribution in [3.05, 3.63) is 108 Å². The molecule has 2 aliphatic rings. The van der Waals surface area contributed by atoms with E-state index >= 15 is 0 Å². The van der Waals surface area contributed by atoms with E-state index in [9.17, 15) is 19.5 Å². The Hall–Kier alpha value is -4.70. The maximum atomic E-state index is 13.8. The van der Waals surface area contributed by atoms with Gasteiger partial charge in [-0.25, -0.2) is 4.79 Å². The molecule has 4 amide bonds. The van der Waals surface area contributed by atoms with Crippen LogP contribution in [0.3, 0.4) is 0 Å². The van der Waals surface area contributed by atoms with Crippen molar-refractivity contribution in [2.24, 2.45) is 0 Å². The number of hydrazine groups is 1. The highest BCUT2D eigenvalue weighted by Gasteiger charge is 2.52. The molecule has 2 aromatic carbocycles. The van der Waals surface area contributed by atoms with Crippen LogP contribution in [0.2, 0.25) is 0 Å². The maximum absolute atomic E-state index is 13.8. The fourth-order valence-corrected chi connectivity index (χ4v) is 5.25. The molecule has 2 fully saturated rings. The van der Waals surface area contributed by atoms with Gasteiger partial charge in [0.05, 0.1) is 19.6 Å². The van der Waals surface area contributed by atoms with Gasteiger partial charge in [0, 0.05) is 31.9 Å². The number of hydrogen-bond donors (Lipinski definition) is 2. The Bertz CT molecular complexity index is 1350. The summed E-state index contributed by atoms with van der Waals surface area (Å²) in [6.07, 6.45) is 4.71. The summed E-state index contributed by atoms with van der Waals surface area (Å²) in [5, 5.41) is 15.9. The van der Waals surface area contributed by atoms with Crippen LogP contribution < -0.4 is 5.32 Å². The lowest BCUT2D eigenvalue weighted by atomic mass is 10.00. The van der Waals surface area contributed by atoms with Crippen molar-refractivity contribution in [3.63, 3.8) is 0 Å². The number of urea groups is 1. The molecule has 3 heterocycles. The van der Waals surface area contributed by atoms with Crippen LogP contribution in [0.25, 0.3) is 0 Å². The molecule has 5 rings (SSSR count). The SMILES string of the molecule is C=CCN(C(=O)NCc1ccccc1)N1CC(=O)N2[C@@H](Cc3ccc(O)cc3)C(=O)N(Cc3ccncc3)C[C@@H]21. The first-order valence-electron chi connectivity index (χ1n) is 13.2. The number of nitrogens with one attached hydrogen (secondary N) is 1. The van der Waals surface area contributed by atoms with Crippen molar-refractivity contribution < 1.29 is 19.5 Å². The molecule has 2 aliphatic heterocycles. The van der Waals surface area contributed by atoms with Crippen molar-refractivity contribution >= 4 is 17.8 Å². The van der Waals surface area contributed by atoms with Gasteiger partial charge in [-0.05, 0) is 41.0 Å². The van der Waals surface area contributed by atoms with E-state index in [0.29, 0.717) is 13.1 Å². The Morgan fingerprint density at radius 2 is 1.75 bits per heavy atom. The van der Waals surface area contributed by atoms with Gasteiger partial charge in [0.15, 0.2) is 0 Å². The Morgan fingerprint density at radius 1 is 1.02 bits per heavy atom. The minimum Gasteiger partial charge on any atom is -0.508 e. The summed E-state index contributed by atoms with van der Waals surface area (Å²) < 4.78 is 0. The van der Waals surface area contributed by atoms with Crippen LogP contribution in [0.15, 0.2) is 91.8 Å². The van der Waals surface area contributed by atoms with Crippen molar-refractivity contribution in [2.75, 3.05) is 19.6 Å². The largest absolute Gasteiger partial charge is 0.508 e. The number of carbonyl (C=O) groups excluding carboxylic acids is 3.